The van der Waals surface area contributed by atoms with Crippen molar-refractivity contribution >= 4 is 11.8 Å². The number of aliphatic hydroxyl groups is 1. The molecule has 1 aromatic carbocycles. The molecule has 6 nitrogen and oxygen atoms in total. The molecule has 2 aliphatic rings. The second-order valence-electron chi connectivity index (χ2n) is 7.86. The molecule has 3 heterocycles. The van der Waals surface area contributed by atoms with Crippen molar-refractivity contribution in [3.05, 3.63) is 47.2 Å². The fraction of sp³-hybridized carbons (Fsp3) is 0.524. The van der Waals surface area contributed by atoms with Gasteiger partial charge in [0.2, 0.25) is 5.95 Å². The summed E-state index contributed by atoms with van der Waals surface area (Å²) in [6, 6.07) is 10.6. The van der Waals surface area contributed by atoms with Gasteiger partial charge in [0.1, 0.15) is 5.82 Å². The van der Waals surface area contributed by atoms with Gasteiger partial charge in [-0.1, -0.05) is 30.3 Å². The number of benzene rings is 1. The van der Waals surface area contributed by atoms with Crippen LogP contribution in [0.2, 0.25) is 0 Å². The lowest BCUT2D eigenvalue weighted by Crippen LogP contribution is -2.41. The van der Waals surface area contributed by atoms with Crippen LogP contribution in [-0.2, 0) is 19.5 Å². The van der Waals surface area contributed by atoms with Gasteiger partial charge in [-0.25, -0.2) is 4.98 Å². The molecule has 0 amide bonds. The van der Waals surface area contributed by atoms with Crippen molar-refractivity contribution in [3.8, 4) is 0 Å². The number of anilines is 2. The third-order valence-electron chi connectivity index (χ3n) is 5.46. The van der Waals surface area contributed by atoms with Crippen molar-refractivity contribution in [2.75, 3.05) is 43.5 Å². The van der Waals surface area contributed by atoms with E-state index in [0.29, 0.717) is 6.54 Å². The minimum absolute atomic E-state index is 0.259. The Kier molecular flexibility index (Phi) is 5.27. The largest absolute Gasteiger partial charge is 0.391 e. The molecule has 1 N–H and O–H groups in total. The zero-order valence-electron chi connectivity index (χ0n) is 16.3. The maximum atomic E-state index is 10.1. The first-order valence-corrected chi connectivity index (χ1v) is 9.86. The highest BCUT2D eigenvalue weighted by Gasteiger charge is 2.28. The first-order chi connectivity index (χ1) is 13.1. The van der Waals surface area contributed by atoms with Crippen molar-refractivity contribution in [1.29, 1.82) is 0 Å². The van der Waals surface area contributed by atoms with Crippen LogP contribution < -0.4 is 9.80 Å². The molecule has 0 radical (unpaired) electrons. The Morgan fingerprint density at radius 3 is 2.70 bits per heavy atom. The molecular weight excluding hydrogens is 338 g/mol. The summed E-state index contributed by atoms with van der Waals surface area (Å²) in [7, 11) is 3.97. The van der Waals surface area contributed by atoms with Gasteiger partial charge in [0.15, 0.2) is 0 Å². The molecule has 6 heteroatoms. The van der Waals surface area contributed by atoms with Crippen LogP contribution in [0.1, 0.15) is 29.7 Å². The lowest BCUT2D eigenvalue weighted by Gasteiger charge is -2.36. The number of hydrogen-bond donors (Lipinski definition) is 1. The summed E-state index contributed by atoms with van der Waals surface area (Å²) in [5.41, 5.74) is 3.73. The predicted octanol–water partition coefficient (Wildman–Crippen LogP) is 2.06. The van der Waals surface area contributed by atoms with Gasteiger partial charge in [-0.05, 0) is 24.8 Å². The Bertz CT molecular complexity index is 780. The number of aliphatic hydroxyl groups excluding tert-OH is 1. The number of aromatic nitrogens is 2. The van der Waals surface area contributed by atoms with Crippen LogP contribution in [0.15, 0.2) is 30.3 Å². The monoisotopic (exact) mass is 367 g/mol. The second-order valence-corrected chi connectivity index (χ2v) is 7.86. The first kappa shape index (κ1) is 18.2. The van der Waals surface area contributed by atoms with Crippen molar-refractivity contribution in [2.45, 2.75) is 38.5 Å². The smallest absolute Gasteiger partial charge is 0.227 e. The predicted molar refractivity (Wildman–Crippen MR) is 108 cm³/mol. The average molecular weight is 367 g/mol. The molecule has 0 aliphatic carbocycles. The number of piperidine rings is 1. The van der Waals surface area contributed by atoms with Crippen LogP contribution >= 0.6 is 0 Å². The van der Waals surface area contributed by atoms with Crippen LogP contribution in [0.3, 0.4) is 0 Å². The summed E-state index contributed by atoms with van der Waals surface area (Å²) in [5.74, 6) is 1.78. The molecule has 1 aromatic heterocycles. The van der Waals surface area contributed by atoms with Gasteiger partial charge < -0.3 is 14.9 Å². The number of fused-ring (bicyclic) bond motifs is 1. The molecule has 4 rings (SSSR count). The van der Waals surface area contributed by atoms with Gasteiger partial charge in [-0.2, -0.15) is 4.98 Å². The highest BCUT2D eigenvalue weighted by atomic mass is 16.3. The molecule has 0 spiro atoms. The van der Waals surface area contributed by atoms with Gasteiger partial charge in [0, 0.05) is 52.4 Å². The van der Waals surface area contributed by atoms with Gasteiger partial charge in [-0.3, -0.25) is 4.90 Å². The summed E-state index contributed by atoms with van der Waals surface area (Å²) >= 11 is 0. The van der Waals surface area contributed by atoms with E-state index in [4.69, 9.17) is 9.97 Å². The van der Waals surface area contributed by atoms with E-state index in [1.807, 2.05) is 19.0 Å². The molecular formula is C21H29N5O. The fourth-order valence-corrected chi connectivity index (χ4v) is 4.04. The minimum atomic E-state index is -0.259. The number of rotatable bonds is 4. The van der Waals surface area contributed by atoms with Crippen LogP contribution in [-0.4, -0.2) is 59.8 Å². The summed E-state index contributed by atoms with van der Waals surface area (Å²) < 4.78 is 0. The summed E-state index contributed by atoms with van der Waals surface area (Å²) in [6.07, 6.45) is 2.59. The maximum Gasteiger partial charge on any atom is 0.227 e. The van der Waals surface area contributed by atoms with Crippen LogP contribution in [0.4, 0.5) is 11.8 Å². The molecule has 27 heavy (non-hydrogen) atoms. The molecule has 0 saturated carbocycles. The summed E-state index contributed by atoms with van der Waals surface area (Å²) in [5, 5.41) is 10.1. The van der Waals surface area contributed by atoms with E-state index in [2.05, 4.69) is 40.1 Å². The van der Waals surface area contributed by atoms with Gasteiger partial charge in [0.05, 0.1) is 11.8 Å². The van der Waals surface area contributed by atoms with E-state index >= 15 is 0 Å². The van der Waals surface area contributed by atoms with E-state index in [0.717, 1.165) is 62.9 Å². The second kappa shape index (κ2) is 7.82. The van der Waals surface area contributed by atoms with E-state index in [1.54, 1.807) is 0 Å². The third-order valence-corrected chi connectivity index (χ3v) is 5.46. The van der Waals surface area contributed by atoms with Crippen molar-refractivity contribution in [3.63, 3.8) is 0 Å². The molecule has 1 fully saturated rings. The molecule has 2 aromatic rings. The zero-order valence-corrected chi connectivity index (χ0v) is 16.3. The molecule has 1 unspecified atom stereocenters. The van der Waals surface area contributed by atoms with E-state index in [-0.39, 0.29) is 6.10 Å². The van der Waals surface area contributed by atoms with Gasteiger partial charge in [0.25, 0.3) is 0 Å². The summed E-state index contributed by atoms with van der Waals surface area (Å²) in [6.45, 7) is 4.43. The Labute approximate surface area is 161 Å². The zero-order chi connectivity index (χ0) is 18.8. The topological polar surface area (TPSA) is 55.7 Å². The number of hydrogen-bond acceptors (Lipinski definition) is 6. The highest BCUT2D eigenvalue weighted by Crippen LogP contribution is 2.30. The Morgan fingerprint density at radius 1 is 1.15 bits per heavy atom. The van der Waals surface area contributed by atoms with Crippen molar-refractivity contribution in [2.24, 2.45) is 0 Å². The maximum absolute atomic E-state index is 10.1. The molecule has 0 bridgehead atoms. The van der Waals surface area contributed by atoms with Crippen molar-refractivity contribution in [1.82, 2.24) is 14.9 Å². The van der Waals surface area contributed by atoms with Gasteiger partial charge in [-0.15, -0.1) is 0 Å². The standard InChI is InChI=1S/C21H29N5O/c1-24(2)21-22-19-15-25(13-16-7-4-3-5-8-16)12-10-18(19)20(23-21)26-11-6-9-17(27)14-26/h3-5,7-8,17,27H,6,9-15H2,1-2H3. The first-order valence-electron chi connectivity index (χ1n) is 9.86. The lowest BCUT2D eigenvalue weighted by atomic mass is 10.0. The number of nitrogens with zero attached hydrogens (tertiary/aromatic N) is 5. The Morgan fingerprint density at radius 2 is 1.96 bits per heavy atom. The average Bonchev–Trinajstić information content (AvgIpc) is 2.67. The number of β-amino-alcohol motifs (C(OH)–C–C–N with tert-alkyl or cyclic N) is 1. The highest BCUT2D eigenvalue weighted by molar-refractivity contribution is 5.54. The lowest BCUT2D eigenvalue weighted by molar-refractivity contribution is 0.153. The molecule has 144 valence electrons. The van der Waals surface area contributed by atoms with Gasteiger partial charge >= 0.3 is 0 Å². The van der Waals surface area contributed by atoms with Crippen LogP contribution in [0.25, 0.3) is 0 Å². The fourth-order valence-electron chi connectivity index (χ4n) is 4.04. The Hall–Kier alpha value is -2.18. The van der Waals surface area contributed by atoms with Crippen LogP contribution in [0, 0.1) is 0 Å². The van der Waals surface area contributed by atoms with E-state index in [1.165, 1.54) is 11.1 Å². The molecule has 1 atom stereocenters. The third kappa shape index (κ3) is 4.06. The normalized spacial score (nSPS) is 20.4. The van der Waals surface area contributed by atoms with E-state index < -0.39 is 0 Å². The van der Waals surface area contributed by atoms with Crippen LogP contribution in [0.5, 0.6) is 0 Å². The van der Waals surface area contributed by atoms with E-state index in [9.17, 15) is 5.11 Å². The SMILES string of the molecule is CN(C)c1nc2c(c(N3CCCC(O)C3)n1)CCN(Cc1ccccc1)C2. The Balaban J connectivity index is 1.62. The molecule has 1 saturated heterocycles. The minimum Gasteiger partial charge on any atom is -0.391 e. The van der Waals surface area contributed by atoms with Crippen molar-refractivity contribution < 1.29 is 5.11 Å². The summed E-state index contributed by atoms with van der Waals surface area (Å²) in [4.78, 5) is 16.4. The molecule has 2 aliphatic heterocycles. The quantitative estimate of drug-likeness (QED) is 0.893.